The van der Waals surface area contributed by atoms with Gasteiger partial charge in [-0.25, -0.2) is 0 Å². The summed E-state index contributed by atoms with van der Waals surface area (Å²) in [5.74, 6) is -0.0868. The first-order valence-electron chi connectivity index (χ1n) is 4.76. The fourth-order valence-corrected chi connectivity index (χ4v) is 1.28. The van der Waals surface area contributed by atoms with E-state index in [1.807, 2.05) is 6.92 Å². The Balaban J connectivity index is 2.68. The number of nitrogens with one attached hydrogen (secondary N) is 1. The number of carbonyl (C=O) groups is 1. The van der Waals surface area contributed by atoms with Crippen molar-refractivity contribution in [3.63, 3.8) is 0 Å². The number of hydrogen-bond donors (Lipinski definition) is 2. The molecule has 1 amide bonds. The zero-order chi connectivity index (χ0) is 11.4. The van der Waals surface area contributed by atoms with Crippen LogP contribution < -0.4 is 5.73 Å². The van der Waals surface area contributed by atoms with Crippen LogP contribution in [0.5, 0.6) is 0 Å². The molecule has 0 spiro atoms. The molecule has 3 N–H and O–H groups in total. The topological polar surface area (TPSA) is 71.3 Å². The second-order valence-corrected chi connectivity index (χ2v) is 3.57. The van der Waals surface area contributed by atoms with Crippen molar-refractivity contribution in [1.29, 1.82) is 0 Å². The van der Waals surface area contributed by atoms with E-state index in [0.717, 1.165) is 0 Å². The average Bonchev–Trinajstić information content (AvgIpc) is 2.63. The van der Waals surface area contributed by atoms with Crippen LogP contribution in [0.25, 0.3) is 0 Å². The number of nitrogens with zero attached hydrogens (tertiary/aromatic N) is 1. The molecule has 0 aliphatic carbocycles. The van der Waals surface area contributed by atoms with Gasteiger partial charge in [0.15, 0.2) is 0 Å². The van der Waals surface area contributed by atoms with E-state index in [1.54, 1.807) is 31.3 Å². The number of likely N-dealkylation sites (N-methyl/N-ethyl adjacent to an activating group) is 1. The number of nitrogens with two attached hydrogens (primary N) is 1. The van der Waals surface area contributed by atoms with Gasteiger partial charge in [0.25, 0.3) is 5.91 Å². The standard InChI is InChI=1S/C10H17N3O2/c1-7(6-15-3)13(2)10(14)9-4-8(11)5-12-9/h4-5,7,12H,6,11H2,1-3H3. The van der Waals surface area contributed by atoms with Crippen LogP contribution in [0.1, 0.15) is 17.4 Å². The molecular formula is C10H17N3O2. The van der Waals surface area contributed by atoms with E-state index in [-0.39, 0.29) is 11.9 Å². The summed E-state index contributed by atoms with van der Waals surface area (Å²) in [6, 6.07) is 1.66. The lowest BCUT2D eigenvalue weighted by Gasteiger charge is -2.23. The summed E-state index contributed by atoms with van der Waals surface area (Å²) in [4.78, 5) is 16.3. The number of anilines is 1. The molecule has 5 heteroatoms. The third-order valence-corrected chi connectivity index (χ3v) is 2.33. The number of carbonyl (C=O) groups excluding carboxylic acids is 1. The number of methoxy groups -OCH3 is 1. The van der Waals surface area contributed by atoms with Crippen molar-refractivity contribution in [2.45, 2.75) is 13.0 Å². The molecule has 5 nitrogen and oxygen atoms in total. The van der Waals surface area contributed by atoms with Crippen molar-refractivity contribution in [3.8, 4) is 0 Å². The summed E-state index contributed by atoms with van der Waals surface area (Å²) in [7, 11) is 3.35. The Morgan fingerprint density at radius 3 is 2.87 bits per heavy atom. The highest BCUT2D eigenvalue weighted by Gasteiger charge is 2.18. The fraction of sp³-hybridized carbons (Fsp3) is 0.500. The average molecular weight is 211 g/mol. The fourth-order valence-electron chi connectivity index (χ4n) is 1.28. The third-order valence-electron chi connectivity index (χ3n) is 2.33. The van der Waals surface area contributed by atoms with E-state index < -0.39 is 0 Å². The van der Waals surface area contributed by atoms with Gasteiger partial charge in [-0.05, 0) is 13.0 Å². The molecule has 1 aromatic heterocycles. The van der Waals surface area contributed by atoms with Gasteiger partial charge in [-0.3, -0.25) is 4.79 Å². The SMILES string of the molecule is COCC(C)N(C)C(=O)c1cc(N)c[nH]1. The molecule has 0 saturated carbocycles. The third kappa shape index (κ3) is 2.73. The normalized spacial score (nSPS) is 12.5. The lowest BCUT2D eigenvalue weighted by molar-refractivity contribution is 0.0628. The van der Waals surface area contributed by atoms with Crippen LogP contribution in [-0.2, 0) is 4.74 Å². The molecule has 1 rings (SSSR count). The molecule has 0 radical (unpaired) electrons. The monoisotopic (exact) mass is 211 g/mol. The number of hydrogen-bond acceptors (Lipinski definition) is 3. The van der Waals surface area contributed by atoms with Gasteiger partial charge in [-0.1, -0.05) is 0 Å². The minimum Gasteiger partial charge on any atom is -0.397 e. The van der Waals surface area contributed by atoms with E-state index in [4.69, 9.17) is 10.5 Å². The van der Waals surface area contributed by atoms with Gasteiger partial charge in [0.05, 0.1) is 12.6 Å². The molecule has 0 bridgehead atoms. The van der Waals surface area contributed by atoms with Crippen LogP contribution in [0.3, 0.4) is 0 Å². The molecule has 84 valence electrons. The second kappa shape index (κ2) is 4.84. The molecule has 1 atom stereocenters. The lowest BCUT2D eigenvalue weighted by Crippen LogP contribution is -2.37. The number of nitrogen functional groups attached to an aromatic ring is 1. The maximum atomic E-state index is 11.9. The van der Waals surface area contributed by atoms with Crippen LogP contribution in [0.2, 0.25) is 0 Å². The summed E-state index contributed by atoms with van der Waals surface area (Å²) < 4.78 is 4.99. The summed E-state index contributed by atoms with van der Waals surface area (Å²) in [6.45, 7) is 2.44. The van der Waals surface area contributed by atoms with Gasteiger partial charge in [0.2, 0.25) is 0 Å². The summed E-state index contributed by atoms with van der Waals surface area (Å²) >= 11 is 0. The Kier molecular flexibility index (Phi) is 3.74. The Morgan fingerprint density at radius 2 is 2.40 bits per heavy atom. The Morgan fingerprint density at radius 1 is 1.73 bits per heavy atom. The Bertz CT molecular complexity index is 335. The molecule has 15 heavy (non-hydrogen) atoms. The first-order valence-corrected chi connectivity index (χ1v) is 4.76. The number of rotatable bonds is 4. The number of aromatic amines is 1. The van der Waals surface area contributed by atoms with Crippen molar-refractivity contribution >= 4 is 11.6 Å². The van der Waals surface area contributed by atoms with E-state index in [0.29, 0.717) is 18.0 Å². The molecule has 0 aliphatic rings. The first kappa shape index (κ1) is 11.6. The maximum Gasteiger partial charge on any atom is 0.270 e. The van der Waals surface area contributed by atoms with Crippen molar-refractivity contribution in [2.75, 3.05) is 26.5 Å². The molecule has 1 heterocycles. The van der Waals surface area contributed by atoms with Gasteiger partial charge in [0, 0.05) is 26.0 Å². The highest BCUT2D eigenvalue weighted by atomic mass is 16.5. The molecular weight excluding hydrogens is 194 g/mol. The van der Waals surface area contributed by atoms with Gasteiger partial charge >= 0.3 is 0 Å². The van der Waals surface area contributed by atoms with E-state index >= 15 is 0 Å². The van der Waals surface area contributed by atoms with Crippen LogP contribution in [-0.4, -0.2) is 42.6 Å². The molecule has 0 fully saturated rings. The predicted molar refractivity (Wildman–Crippen MR) is 58.6 cm³/mol. The van der Waals surface area contributed by atoms with Crippen molar-refractivity contribution < 1.29 is 9.53 Å². The quantitative estimate of drug-likeness (QED) is 0.770. The lowest BCUT2D eigenvalue weighted by atomic mass is 10.3. The highest BCUT2D eigenvalue weighted by Crippen LogP contribution is 2.09. The minimum atomic E-state index is -0.0868. The Hall–Kier alpha value is -1.49. The van der Waals surface area contributed by atoms with Crippen LogP contribution in [0, 0.1) is 0 Å². The Labute approximate surface area is 89.2 Å². The van der Waals surface area contributed by atoms with Gasteiger partial charge in [-0.15, -0.1) is 0 Å². The van der Waals surface area contributed by atoms with Crippen molar-refractivity contribution in [2.24, 2.45) is 0 Å². The number of ether oxygens (including phenoxy) is 1. The number of aromatic nitrogens is 1. The minimum absolute atomic E-state index is 0.0343. The van der Waals surface area contributed by atoms with Gasteiger partial charge in [0.1, 0.15) is 5.69 Å². The highest BCUT2D eigenvalue weighted by molar-refractivity contribution is 5.93. The van der Waals surface area contributed by atoms with E-state index in [2.05, 4.69) is 4.98 Å². The smallest absolute Gasteiger partial charge is 0.270 e. The summed E-state index contributed by atoms with van der Waals surface area (Å²) in [5.41, 5.74) is 6.58. The van der Waals surface area contributed by atoms with Crippen molar-refractivity contribution in [1.82, 2.24) is 9.88 Å². The first-order chi connectivity index (χ1) is 7.06. The predicted octanol–water partition coefficient (Wildman–Crippen LogP) is 0.704. The van der Waals surface area contributed by atoms with E-state index in [9.17, 15) is 4.79 Å². The van der Waals surface area contributed by atoms with Crippen LogP contribution in [0.4, 0.5) is 5.69 Å². The molecule has 0 saturated heterocycles. The van der Waals surface area contributed by atoms with Crippen LogP contribution in [0.15, 0.2) is 12.3 Å². The molecule has 0 aliphatic heterocycles. The molecule has 0 aromatic carbocycles. The van der Waals surface area contributed by atoms with E-state index in [1.165, 1.54) is 0 Å². The zero-order valence-corrected chi connectivity index (χ0v) is 9.28. The number of H-pyrrole nitrogens is 1. The maximum absolute atomic E-state index is 11.9. The number of amides is 1. The summed E-state index contributed by atoms with van der Waals surface area (Å²) in [5, 5.41) is 0. The van der Waals surface area contributed by atoms with Crippen molar-refractivity contribution in [3.05, 3.63) is 18.0 Å². The molecule has 1 aromatic rings. The summed E-state index contributed by atoms with van der Waals surface area (Å²) in [6.07, 6.45) is 1.60. The van der Waals surface area contributed by atoms with Gasteiger partial charge in [-0.2, -0.15) is 0 Å². The second-order valence-electron chi connectivity index (χ2n) is 3.57. The van der Waals surface area contributed by atoms with Crippen LogP contribution >= 0.6 is 0 Å². The zero-order valence-electron chi connectivity index (χ0n) is 9.28. The van der Waals surface area contributed by atoms with Gasteiger partial charge < -0.3 is 20.4 Å². The largest absolute Gasteiger partial charge is 0.397 e. The molecule has 1 unspecified atom stereocenters.